The van der Waals surface area contributed by atoms with E-state index in [0.717, 1.165) is 5.69 Å². The number of nitrogens with one attached hydrogen (secondary N) is 2. The Morgan fingerprint density at radius 2 is 2.19 bits per heavy atom. The minimum atomic E-state index is -1.07. The number of carboxylic acids is 1. The van der Waals surface area contributed by atoms with Gasteiger partial charge in [0.1, 0.15) is 0 Å². The molecule has 2 aromatic rings. The lowest BCUT2D eigenvalue weighted by molar-refractivity contribution is 0.0698. The molecule has 0 aliphatic carbocycles. The van der Waals surface area contributed by atoms with Gasteiger partial charge in [0.25, 0.3) is 0 Å². The van der Waals surface area contributed by atoms with Crippen LogP contribution in [-0.2, 0) is 6.42 Å². The molecule has 0 unspecified atom stereocenters. The summed E-state index contributed by atoms with van der Waals surface area (Å²) >= 11 is 1.50. The number of hydrogen-bond donors (Lipinski definition) is 3. The van der Waals surface area contributed by atoms with Gasteiger partial charge >= 0.3 is 12.0 Å². The quantitative estimate of drug-likeness (QED) is 0.791. The molecule has 110 valence electrons. The Kier molecular flexibility index (Phi) is 4.89. The smallest absolute Gasteiger partial charge is 0.337 e. The molecule has 0 fully saturated rings. The summed E-state index contributed by atoms with van der Waals surface area (Å²) in [6, 6.07) is 4.42. The van der Waals surface area contributed by atoms with Gasteiger partial charge in [-0.1, -0.05) is 12.1 Å². The van der Waals surface area contributed by atoms with E-state index in [-0.39, 0.29) is 5.56 Å². The molecule has 2 amide bonds. The van der Waals surface area contributed by atoms with E-state index in [0.29, 0.717) is 24.2 Å². The summed E-state index contributed by atoms with van der Waals surface area (Å²) in [6.45, 7) is 2.18. The van der Waals surface area contributed by atoms with Gasteiger partial charge in [0, 0.05) is 18.3 Å². The molecule has 7 heteroatoms. The van der Waals surface area contributed by atoms with E-state index in [1.165, 1.54) is 17.4 Å². The molecule has 0 aliphatic rings. The van der Waals surface area contributed by atoms with Crippen molar-refractivity contribution < 1.29 is 14.7 Å². The molecule has 0 aliphatic heterocycles. The second-order valence-electron chi connectivity index (χ2n) is 4.41. The summed E-state index contributed by atoms with van der Waals surface area (Å²) in [5, 5.41) is 16.3. The third-order valence-electron chi connectivity index (χ3n) is 2.89. The maximum atomic E-state index is 11.8. The second-order valence-corrected chi connectivity index (χ2v) is 5.13. The molecule has 0 saturated carbocycles. The van der Waals surface area contributed by atoms with Gasteiger partial charge in [0.2, 0.25) is 0 Å². The van der Waals surface area contributed by atoms with Gasteiger partial charge in [-0.15, -0.1) is 11.3 Å². The maximum Gasteiger partial charge on any atom is 0.337 e. The number of aromatic carboxylic acids is 1. The average molecular weight is 305 g/mol. The Bertz CT molecular complexity index is 641. The van der Waals surface area contributed by atoms with Gasteiger partial charge in [-0.2, -0.15) is 0 Å². The number of benzene rings is 1. The lowest BCUT2D eigenvalue weighted by Crippen LogP contribution is -2.31. The number of nitrogens with zero attached hydrogens (tertiary/aromatic N) is 1. The van der Waals surface area contributed by atoms with Crippen LogP contribution >= 0.6 is 11.3 Å². The van der Waals surface area contributed by atoms with Crippen molar-refractivity contribution in [2.24, 2.45) is 0 Å². The molecule has 1 heterocycles. The van der Waals surface area contributed by atoms with E-state index in [2.05, 4.69) is 15.6 Å². The van der Waals surface area contributed by atoms with Crippen LogP contribution in [0.3, 0.4) is 0 Å². The van der Waals surface area contributed by atoms with Crippen LogP contribution in [0.25, 0.3) is 0 Å². The van der Waals surface area contributed by atoms with Crippen molar-refractivity contribution in [3.8, 4) is 0 Å². The number of carboxylic acid groups (broad SMARTS) is 1. The van der Waals surface area contributed by atoms with E-state index >= 15 is 0 Å². The van der Waals surface area contributed by atoms with Crippen LogP contribution in [0.5, 0.6) is 0 Å². The molecule has 0 atom stereocenters. The first kappa shape index (κ1) is 15.0. The summed E-state index contributed by atoms with van der Waals surface area (Å²) < 4.78 is 0. The summed E-state index contributed by atoms with van der Waals surface area (Å²) in [5.41, 5.74) is 3.75. The minimum absolute atomic E-state index is 0.0738. The number of thiazole rings is 1. The fourth-order valence-corrected chi connectivity index (χ4v) is 2.43. The number of rotatable bonds is 5. The lowest BCUT2D eigenvalue weighted by Gasteiger charge is -2.12. The van der Waals surface area contributed by atoms with E-state index in [1.807, 2.05) is 5.38 Å². The predicted molar refractivity (Wildman–Crippen MR) is 81.0 cm³/mol. The average Bonchev–Trinajstić information content (AvgIpc) is 2.94. The van der Waals surface area contributed by atoms with E-state index in [9.17, 15) is 9.59 Å². The first-order valence-electron chi connectivity index (χ1n) is 6.32. The number of carbonyl (C=O) groups is 2. The van der Waals surface area contributed by atoms with Gasteiger partial charge in [0.05, 0.1) is 22.5 Å². The van der Waals surface area contributed by atoms with Crippen LogP contribution in [0, 0.1) is 6.92 Å². The normalized spacial score (nSPS) is 10.1. The standard InChI is InChI=1S/C14H15N3O3S/c1-9-3-2-4-11(13(18)19)12(9)17-14(20)15-6-5-10-7-21-8-16-10/h2-4,7-8H,5-6H2,1H3,(H,18,19)(H2,15,17,20). The van der Waals surface area contributed by atoms with E-state index in [4.69, 9.17) is 5.11 Å². The van der Waals surface area contributed by atoms with Crippen molar-refractivity contribution in [3.63, 3.8) is 0 Å². The number of aromatic nitrogens is 1. The van der Waals surface area contributed by atoms with Crippen LogP contribution in [0.15, 0.2) is 29.1 Å². The topological polar surface area (TPSA) is 91.3 Å². The summed E-state index contributed by atoms with van der Waals surface area (Å²) in [6.07, 6.45) is 0.635. The Balaban J connectivity index is 1.95. The minimum Gasteiger partial charge on any atom is -0.478 e. The first-order chi connectivity index (χ1) is 10.1. The summed E-state index contributed by atoms with van der Waals surface area (Å²) in [5.74, 6) is -1.07. The monoisotopic (exact) mass is 305 g/mol. The van der Waals surface area contributed by atoms with Crippen LogP contribution in [0.1, 0.15) is 21.6 Å². The van der Waals surface area contributed by atoms with Crippen molar-refractivity contribution in [2.45, 2.75) is 13.3 Å². The molecular formula is C14H15N3O3S. The number of para-hydroxylation sites is 1. The highest BCUT2D eigenvalue weighted by atomic mass is 32.1. The van der Waals surface area contributed by atoms with Crippen LogP contribution in [-0.4, -0.2) is 28.6 Å². The molecule has 0 spiro atoms. The number of carbonyl (C=O) groups excluding carboxylic acids is 1. The van der Waals surface area contributed by atoms with E-state index in [1.54, 1.807) is 24.6 Å². The molecule has 0 radical (unpaired) electrons. The lowest BCUT2D eigenvalue weighted by atomic mass is 10.1. The Morgan fingerprint density at radius 1 is 1.38 bits per heavy atom. The SMILES string of the molecule is Cc1cccc(C(=O)O)c1NC(=O)NCCc1cscn1. The fourth-order valence-electron chi connectivity index (χ4n) is 1.83. The van der Waals surface area contributed by atoms with Gasteiger partial charge in [-0.3, -0.25) is 0 Å². The second kappa shape index (κ2) is 6.85. The first-order valence-corrected chi connectivity index (χ1v) is 7.27. The zero-order chi connectivity index (χ0) is 15.2. The molecule has 3 N–H and O–H groups in total. The highest BCUT2D eigenvalue weighted by Crippen LogP contribution is 2.20. The molecule has 6 nitrogen and oxygen atoms in total. The van der Waals surface area contributed by atoms with Gasteiger partial charge in [-0.25, -0.2) is 14.6 Å². The van der Waals surface area contributed by atoms with Crippen molar-refractivity contribution in [3.05, 3.63) is 45.9 Å². The molecule has 0 saturated heterocycles. The predicted octanol–water partition coefficient (Wildman–Crippen LogP) is 2.51. The van der Waals surface area contributed by atoms with Crippen LogP contribution < -0.4 is 10.6 Å². The Hall–Kier alpha value is -2.41. The Labute approximate surface area is 125 Å². The number of urea groups is 1. The maximum absolute atomic E-state index is 11.8. The third-order valence-corrected chi connectivity index (χ3v) is 3.53. The van der Waals surface area contributed by atoms with Gasteiger partial charge in [-0.05, 0) is 18.6 Å². The van der Waals surface area contributed by atoms with E-state index < -0.39 is 12.0 Å². The van der Waals surface area contributed by atoms with Gasteiger partial charge in [0.15, 0.2) is 0 Å². The Morgan fingerprint density at radius 3 is 2.86 bits per heavy atom. The molecule has 1 aromatic heterocycles. The van der Waals surface area contributed by atoms with Gasteiger partial charge < -0.3 is 15.7 Å². The van der Waals surface area contributed by atoms with Crippen molar-refractivity contribution in [1.82, 2.24) is 10.3 Å². The summed E-state index contributed by atoms with van der Waals surface area (Å²) in [7, 11) is 0. The fraction of sp³-hybridized carbons (Fsp3) is 0.214. The summed E-state index contributed by atoms with van der Waals surface area (Å²) in [4.78, 5) is 27.1. The van der Waals surface area contributed by atoms with Crippen molar-refractivity contribution in [2.75, 3.05) is 11.9 Å². The largest absolute Gasteiger partial charge is 0.478 e. The number of anilines is 1. The highest BCUT2D eigenvalue weighted by Gasteiger charge is 2.14. The number of hydrogen-bond acceptors (Lipinski definition) is 4. The zero-order valence-corrected chi connectivity index (χ0v) is 12.2. The molecule has 21 heavy (non-hydrogen) atoms. The van der Waals surface area contributed by atoms with Crippen LogP contribution in [0.4, 0.5) is 10.5 Å². The van der Waals surface area contributed by atoms with Crippen molar-refractivity contribution >= 4 is 29.0 Å². The van der Waals surface area contributed by atoms with Crippen LogP contribution in [0.2, 0.25) is 0 Å². The molecule has 2 rings (SSSR count). The molecule has 0 bridgehead atoms. The highest BCUT2D eigenvalue weighted by molar-refractivity contribution is 7.07. The molecule has 1 aromatic carbocycles. The zero-order valence-electron chi connectivity index (χ0n) is 11.4. The molecular weight excluding hydrogens is 290 g/mol. The van der Waals surface area contributed by atoms with Crippen molar-refractivity contribution in [1.29, 1.82) is 0 Å². The third kappa shape index (κ3) is 4.03. The number of amides is 2. The number of aryl methyl sites for hydroxylation is 1.